The molecule has 10 heteroatoms. The number of ether oxygens (including phenoxy) is 5. The second-order valence-corrected chi connectivity index (χ2v) is 10.6. The summed E-state index contributed by atoms with van der Waals surface area (Å²) < 4.78 is 43.2. The second kappa shape index (κ2) is 13.1. The molecule has 0 aromatic heterocycles. The molecule has 0 unspecified atom stereocenters. The molecule has 0 saturated carbocycles. The Balaban J connectivity index is 1.85. The van der Waals surface area contributed by atoms with E-state index < -0.39 is 35.6 Å². The number of benzene rings is 2. The van der Waals surface area contributed by atoms with Gasteiger partial charge in [0.25, 0.3) is 0 Å². The van der Waals surface area contributed by atoms with E-state index in [1.807, 2.05) is 30.3 Å². The number of halogens is 1. The molecule has 0 bridgehead atoms. The van der Waals surface area contributed by atoms with Crippen LogP contribution in [0.2, 0.25) is 0 Å². The van der Waals surface area contributed by atoms with Crippen LogP contribution in [0.5, 0.6) is 11.5 Å². The minimum atomic E-state index is -0.858. The summed E-state index contributed by atoms with van der Waals surface area (Å²) in [5.41, 5.74) is 0.250. The van der Waals surface area contributed by atoms with Crippen LogP contribution in [0.15, 0.2) is 36.4 Å². The number of hydrogen-bond acceptors (Lipinski definition) is 8. The highest BCUT2D eigenvalue weighted by atomic mass is 19.1. The van der Waals surface area contributed by atoms with Crippen LogP contribution in [0.1, 0.15) is 55.6 Å². The molecule has 2 aromatic rings. The molecule has 2 aromatic carbocycles. The highest BCUT2D eigenvalue weighted by molar-refractivity contribution is 5.96. The topological polar surface area (TPSA) is 104 Å². The van der Waals surface area contributed by atoms with Gasteiger partial charge in [-0.1, -0.05) is 30.3 Å². The van der Waals surface area contributed by atoms with Crippen LogP contribution >= 0.6 is 0 Å². The third-order valence-corrected chi connectivity index (χ3v) is 6.10. The van der Waals surface area contributed by atoms with Crippen molar-refractivity contribution in [3.05, 3.63) is 58.9 Å². The zero-order chi connectivity index (χ0) is 28.7. The number of carbonyl (C=O) groups excluding carboxylic acids is 2. The Kier molecular flexibility index (Phi) is 10.2. The molecule has 1 fully saturated rings. The van der Waals surface area contributed by atoms with E-state index >= 15 is 4.39 Å². The number of likely N-dealkylation sites (tertiary alicyclic amines) is 1. The number of aliphatic hydroxyl groups is 1. The maximum atomic E-state index is 15.0. The van der Waals surface area contributed by atoms with Gasteiger partial charge in [-0.2, -0.15) is 0 Å². The number of aliphatic hydroxyl groups excluding tert-OH is 1. The average Bonchev–Trinajstić information content (AvgIpc) is 3.31. The number of methoxy groups -OCH3 is 1. The van der Waals surface area contributed by atoms with Gasteiger partial charge in [-0.15, -0.1) is 0 Å². The van der Waals surface area contributed by atoms with E-state index in [1.165, 1.54) is 27.0 Å². The molecule has 1 N–H and O–H groups in total. The van der Waals surface area contributed by atoms with Crippen molar-refractivity contribution in [3.8, 4) is 11.5 Å². The number of carbonyl (C=O) groups is 2. The Labute approximate surface area is 228 Å². The van der Waals surface area contributed by atoms with Gasteiger partial charge in [-0.05, 0) is 58.2 Å². The molecule has 214 valence electrons. The number of hydrogen-bond donors (Lipinski definition) is 1. The summed E-state index contributed by atoms with van der Waals surface area (Å²) in [5.74, 6) is -1.94. The average molecular weight is 548 g/mol. The van der Waals surface area contributed by atoms with Crippen molar-refractivity contribution in [2.24, 2.45) is 0 Å². The number of amides is 1. The molecule has 0 spiro atoms. The molecule has 0 aliphatic carbocycles. The van der Waals surface area contributed by atoms with Crippen molar-refractivity contribution in [1.29, 1.82) is 0 Å². The third-order valence-electron chi connectivity index (χ3n) is 6.10. The van der Waals surface area contributed by atoms with Gasteiger partial charge in [-0.3, -0.25) is 4.90 Å². The molecular formula is C29H38FNO8. The first-order chi connectivity index (χ1) is 18.4. The first-order valence-electron chi connectivity index (χ1n) is 12.9. The van der Waals surface area contributed by atoms with E-state index in [0.717, 1.165) is 5.56 Å². The lowest BCUT2D eigenvalue weighted by Crippen LogP contribution is -2.42. The fourth-order valence-electron chi connectivity index (χ4n) is 4.16. The highest BCUT2D eigenvalue weighted by Gasteiger charge is 2.39. The summed E-state index contributed by atoms with van der Waals surface area (Å²) in [7, 11) is 1.17. The minimum absolute atomic E-state index is 0.0193. The van der Waals surface area contributed by atoms with E-state index in [9.17, 15) is 14.7 Å². The van der Waals surface area contributed by atoms with Crippen molar-refractivity contribution in [1.82, 2.24) is 4.90 Å². The molecule has 3 atom stereocenters. The van der Waals surface area contributed by atoms with E-state index in [2.05, 4.69) is 0 Å². The van der Waals surface area contributed by atoms with Crippen molar-refractivity contribution in [3.63, 3.8) is 0 Å². The molecule has 1 aliphatic heterocycles. The fraction of sp³-hybridized carbons (Fsp3) is 0.517. The zero-order valence-electron chi connectivity index (χ0n) is 23.4. The highest BCUT2D eigenvalue weighted by Crippen LogP contribution is 2.36. The summed E-state index contributed by atoms with van der Waals surface area (Å²) in [6.45, 7) is 8.68. The van der Waals surface area contributed by atoms with Gasteiger partial charge in [-0.25, -0.2) is 14.0 Å². The Hall–Kier alpha value is -3.37. The summed E-state index contributed by atoms with van der Waals surface area (Å²) in [4.78, 5) is 27.3. The van der Waals surface area contributed by atoms with E-state index in [4.69, 9.17) is 23.7 Å². The first kappa shape index (κ1) is 30.2. The zero-order valence-corrected chi connectivity index (χ0v) is 23.4. The lowest BCUT2D eigenvalue weighted by molar-refractivity contribution is 0.0126. The van der Waals surface area contributed by atoms with Gasteiger partial charge in [0.2, 0.25) is 0 Å². The summed E-state index contributed by atoms with van der Waals surface area (Å²) in [5, 5.41) is 9.41. The summed E-state index contributed by atoms with van der Waals surface area (Å²) in [6, 6.07) is 10.6. The van der Waals surface area contributed by atoms with Crippen molar-refractivity contribution < 1.29 is 42.8 Å². The van der Waals surface area contributed by atoms with Crippen molar-refractivity contribution in [2.45, 2.75) is 71.5 Å². The summed E-state index contributed by atoms with van der Waals surface area (Å²) in [6.07, 6.45) is -1.10. The second-order valence-electron chi connectivity index (χ2n) is 10.6. The predicted molar refractivity (Wildman–Crippen MR) is 142 cm³/mol. The standard InChI is InChI=1S/C29H38FNO8/c1-18-12-23(24(27(33)35-6)26(25(18)30)38-19(2)15-32)37-17-21-13-22(36-16-20-10-8-7-9-11-20)14-31(21)28(34)39-29(3,4)5/h7-12,19,21-22,32H,13-17H2,1-6H3/t19-,21-,22+/m1/s1. The molecule has 1 saturated heterocycles. The molecule has 3 rings (SSSR count). The van der Waals surface area contributed by atoms with E-state index in [-0.39, 0.29) is 41.9 Å². The van der Waals surface area contributed by atoms with E-state index in [1.54, 1.807) is 25.7 Å². The fourth-order valence-corrected chi connectivity index (χ4v) is 4.16. The monoisotopic (exact) mass is 547 g/mol. The van der Waals surface area contributed by atoms with Gasteiger partial charge in [0.1, 0.15) is 29.6 Å². The maximum absolute atomic E-state index is 15.0. The first-order valence-corrected chi connectivity index (χ1v) is 12.9. The predicted octanol–water partition coefficient (Wildman–Crippen LogP) is 4.65. The van der Waals surface area contributed by atoms with Crippen molar-refractivity contribution in [2.75, 3.05) is 26.9 Å². The normalized spacial score (nSPS) is 18.0. The molecule has 1 heterocycles. The maximum Gasteiger partial charge on any atom is 0.410 e. The number of rotatable bonds is 10. The van der Waals surface area contributed by atoms with Crippen LogP contribution < -0.4 is 9.47 Å². The van der Waals surface area contributed by atoms with Crippen LogP contribution in [0, 0.1) is 12.7 Å². The summed E-state index contributed by atoms with van der Waals surface area (Å²) >= 11 is 0. The molecule has 9 nitrogen and oxygen atoms in total. The van der Waals surface area contributed by atoms with Gasteiger partial charge in [0.05, 0.1) is 39.0 Å². The smallest absolute Gasteiger partial charge is 0.410 e. The number of aryl methyl sites for hydroxylation is 1. The SMILES string of the molecule is COC(=O)c1c(OC[C@H]2C[C@H](OCc3ccccc3)CN2C(=O)OC(C)(C)C)cc(C)c(F)c1O[C@H](C)CO. The minimum Gasteiger partial charge on any atom is -0.490 e. The number of nitrogens with zero attached hydrogens (tertiary/aromatic N) is 1. The molecule has 0 radical (unpaired) electrons. The molecule has 39 heavy (non-hydrogen) atoms. The lowest BCUT2D eigenvalue weighted by Gasteiger charge is -2.28. The Bertz CT molecular complexity index is 1130. The number of esters is 1. The van der Waals surface area contributed by atoms with Gasteiger partial charge >= 0.3 is 12.1 Å². The van der Waals surface area contributed by atoms with Crippen LogP contribution in [0.3, 0.4) is 0 Å². The Morgan fingerprint density at radius 2 is 1.90 bits per heavy atom. The molecule has 1 aliphatic rings. The lowest BCUT2D eigenvalue weighted by atomic mass is 10.1. The molecule has 1 amide bonds. The largest absolute Gasteiger partial charge is 0.490 e. The van der Waals surface area contributed by atoms with Gasteiger partial charge in [0.15, 0.2) is 11.6 Å². The van der Waals surface area contributed by atoms with Gasteiger partial charge < -0.3 is 28.8 Å². The van der Waals surface area contributed by atoms with Gasteiger partial charge in [0, 0.05) is 0 Å². The van der Waals surface area contributed by atoms with Crippen molar-refractivity contribution >= 4 is 12.1 Å². The van der Waals surface area contributed by atoms with Crippen LogP contribution in [-0.4, -0.2) is 72.8 Å². The van der Waals surface area contributed by atoms with Crippen LogP contribution in [-0.2, 0) is 20.8 Å². The third kappa shape index (κ3) is 8.06. The Morgan fingerprint density at radius 1 is 1.21 bits per heavy atom. The quantitative estimate of drug-likeness (QED) is 0.429. The molecular weight excluding hydrogens is 509 g/mol. The Morgan fingerprint density at radius 3 is 2.51 bits per heavy atom. The van der Waals surface area contributed by atoms with E-state index in [0.29, 0.717) is 19.6 Å². The van der Waals surface area contributed by atoms with Crippen LogP contribution in [0.25, 0.3) is 0 Å². The van der Waals surface area contributed by atoms with Crippen LogP contribution in [0.4, 0.5) is 9.18 Å².